The number of nitriles is 1. The predicted octanol–water partition coefficient (Wildman–Crippen LogP) is 3.75. The molecule has 37 heavy (non-hydrogen) atoms. The van der Waals surface area contributed by atoms with Gasteiger partial charge in [-0.2, -0.15) is 5.26 Å². The van der Waals surface area contributed by atoms with Crippen LogP contribution in [0.4, 0.5) is 11.4 Å². The third kappa shape index (κ3) is 5.16. The Hall–Kier alpha value is -3.15. The van der Waals surface area contributed by atoms with E-state index in [0.717, 1.165) is 63.7 Å². The molecule has 1 aromatic heterocycles. The van der Waals surface area contributed by atoms with Crippen LogP contribution in [0.15, 0.2) is 42.7 Å². The molecule has 4 aliphatic rings. The Labute approximate surface area is 218 Å². The highest BCUT2D eigenvalue weighted by atomic mass is 16.5. The van der Waals surface area contributed by atoms with Gasteiger partial charge in [-0.15, -0.1) is 0 Å². The normalized spacial score (nSPS) is 23.1. The summed E-state index contributed by atoms with van der Waals surface area (Å²) in [7, 11) is 0. The SMILES string of the molecule is N#Cc1cncc(N2CC3(CCN(c4ccc(OC5CCN(C6CCC6)CC5)cc4)CC3)OCC2=O)c1. The fraction of sp³-hybridized carbons (Fsp3) is 0.552. The van der Waals surface area contributed by atoms with Gasteiger partial charge in [-0.05, 0) is 68.9 Å². The Morgan fingerprint density at radius 2 is 1.76 bits per heavy atom. The van der Waals surface area contributed by atoms with E-state index in [1.165, 1.54) is 31.1 Å². The summed E-state index contributed by atoms with van der Waals surface area (Å²) in [5.41, 5.74) is 1.94. The second-order valence-corrected chi connectivity index (χ2v) is 10.9. The van der Waals surface area contributed by atoms with E-state index >= 15 is 0 Å². The summed E-state index contributed by atoms with van der Waals surface area (Å²) in [5, 5.41) is 9.21. The molecule has 1 aliphatic carbocycles. The van der Waals surface area contributed by atoms with Gasteiger partial charge in [-0.3, -0.25) is 9.78 Å². The molecule has 3 aliphatic heterocycles. The number of pyridine rings is 1. The fourth-order valence-corrected chi connectivity index (χ4v) is 6.10. The van der Waals surface area contributed by atoms with E-state index in [9.17, 15) is 10.1 Å². The maximum Gasteiger partial charge on any atom is 0.253 e. The van der Waals surface area contributed by atoms with Crippen molar-refractivity contribution in [1.29, 1.82) is 5.26 Å². The maximum absolute atomic E-state index is 12.6. The molecule has 194 valence electrons. The molecule has 0 atom stereocenters. The molecular formula is C29H35N5O3. The third-order valence-corrected chi connectivity index (χ3v) is 8.66. The Morgan fingerprint density at radius 1 is 1.00 bits per heavy atom. The summed E-state index contributed by atoms with van der Waals surface area (Å²) in [5.74, 6) is 0.867. The predicted molar refractivity (Wildman–Crippen MR) is 141 cm³/mol. The first-order chi connectivity index (χ1) is 18.1. The number of piperidine rings is 2. The zero-order valence-electron chi connectivity index (χ0n) is 21.3. The molecule has 1 saturated carbocycles. The van der Waals surface area contributed by atoms with Crippen molar-refractivity contribution in [1.82, 2.24) is 9.88 Å². The van der Waals surface area contributed by atoms with Crippen molar-refractivity contribution >= 4 is 17.3 Å². The number of carbonyl (C=O) groups excluding carboxylic acids is 1. The molecule has 8 heteroatoms. The van der Waals surface area contributed by atoms with Crippen molar-refractivity contribution in [2.24, 2.45) is 0 Å². The number of hydrogen-bond donors (Lipinski definition) is 0. The Morgan fingerprint density at radius 3 is 2.43 bits per heavy atom. The van der Waals surface area contributed by atoms with Gasteiger partial charge in [0.05, 0.1) is 29.6 Å². The molecule has 0 bridgehead atoms. The van der Waals surface area contributed by atoms with Crippen LogP contribution in [0.2, 0.25) is 0 Å². The van der Waals surface area contributed by atoms with Gasteiger partial charge in [0.25, 0.3) is 5.91 Å². The number of morpholine rings is 1. The Kier molecular flexibility index (Phi) is 6.74. The highest BCUT2D eigenvalue weighted by molar-refractivity contribution is 5.95. The third-order valence-electron chi connectivity index (χ3n) is 8.66. The van der Waals surface area contributed by atoms with E-state index in [4.69, 9.17) is 9.47 Å². The van der Waals surface area contributed by atoms with Crippen LogP contribution in [-0.4, -0.2) is 72.9 Å². The number of hydrogen-bond acceptors (Lipinski definition) is 7. The zero-order chi connectivity index (χ0) is 25.2. The largest absolute Gasteiger partial charge is 0.490 e. The molecule has 8 nitrogen and oxygen atoms in total. The number of likely N-dealkylation sites (tertiary alicyclic amines) is 1. The summed E-state index contributed by atoms with van der Waals surface area (Å²) >= 11 is 0. The van der Waals surface area contributed by atoms with Gasteiger partial charge in [0.15, 0.2) is 0 Å². The Balaban J connectivity index is 1.02. The Bertz CT molecular complexity index is 1140. The zero-order valence-corrected chi connectivity index (χ0v) is 21.3. The summed E-state index contributed by atoms with van der Waals surface area (Å²) in [4.78, 5) is 23.5. The van der Waals surface area contributed by atoms with Gasteiger partial charge in [0, 0.05) is 44.1 Å². The fourth-order valence-electron chi connectivity index (χ4n) is 6.10. The van der Waals surface area contributed by atoms with Gasteiger partial charge in [0.1, 0.15) is 24.5 Å². The van der Waals surface area contributed by atoms with Crippen molar-refractivity contribution in [2.45, 2.75) is 62.7 Å². The number of carbonyl (C=O) groups is 1. The van der Waals surface area contributed by atoms with E-state index in [1.807, 2.05) is 0 Å². The van der Waals surface area contributed by atoms with Gasteiger partial charge in [-0.25, -0.2) is 0 Å². The molecule has 3 saturated heterocycles. The number of aromatic nitrogens is 1. The quantitative estimate of drug-likeness (QED) is 0.617. The molecule has 2 aromatic rings. The summed E-state index contributed by atoms with van der Waals surface area (Å²) in [6, 6.07) is 13.2. The van der Waals surface area contributed by atoms with Crippen molar-refractivity contribution in [3.63, 3.8) is 0 Å². The van der Waals surface area contributed by atoms with Crippen LogP contribution in [0.25, 0.3) is 0 Å². The van der Waals surface area contributed by atoms with Crippen LogP contribution in [-0.2, 0) is 9.53 Å². The van der Waals surface area contributed by atoms with Crippen LogP contribution in [0, 0.1) is 11.3 Å². The standard InChI is InChI=1S/C29H35N5O3/c30-17-22-16-25(19-31-18-22)34-21-29(36-20-28(34)35)10-14-33(15-11-29)24-4-6-26(7-5-24)37-27-8-12-32(13-9-27)23-2-1-3-23/h4-7,16,18-19,23,27H,1-3,8-15,20-21H2. The van der Waals surface area contributed by atoms with E-state index in [0.29, 0.717) is 23.9 Å². The molecule has 0 radical (unpaired) electrons. The summed E-state index contributed by atoms with van der Waals surface area (Å²) < 4.78 is 12.4. The number of ether oxygens (including phenoxy) is 2. The average molecular weight is 502 g/mol. The topological polar surface area (TPSA) is 81.9 Å². The lowest BCUT2D eigenvalue weighted by Crippen LogP contribution is -2.59. The van der Waals surface area contributed by atoms with Crippen LogP contribution >= 0.6 is 0 Å². The second-order valence-electron chi connectivity index (χ2n) is 10.9. The van der Waals surface area contributed by atoms with Crippen LogP contribution in [0.1, 0.15) is 50.5 Å². The minimum atomic E-state index is -0.371. The smallest absolute Gasteiger partial charge is 0.253 e. The van der Waals surface area contributed by atoms with Gasteiger partial charge in [-0.1, -0.05) is 6.42 Å². The van der Waals surface area contributed by atoms with E-state index in [2.05, 4.69) is 45.1 Å². The minimum Gasteiger partial charge on any atom is -0.490 e. The highest BCUT2D eigenvalue weighted by Gasteiger charge is 2.43. The lowest BCUT2D eigenvalue weighted by atomic mass is 9.88. The van der Waals surface area contributed by atoms with E-state index < -0.39 is 0 Å². The first-order valence-electron chi connectivity index (χ1n) is 13.7. The van der Waals surface area contributed by atoms with Gasteiger partial charge in [0.2, 0.25) is 0 Å². The molecule has 4 fully saturated rings. The molecule has 1 spiro atoms. The lowest BCUT2D eigenvalue weighted by molar-refractivity contribution is -0.141. The second kappa shape index (κ2) is 10.3. The number of amides is 1. The molecular weight excluding hydrogens is 466 g/mol. The first-order valence-corrected chi connectivity index (χ1v) is 13.7. The monoisotopic (exact) mass is 501 g/mol. The van der Waals surface area contributed by atoms with Crippen molar-refractivity contribution in [3.05, 3.63) is 48.3 Å². The van der Waals surface area contributed by atoms with Gasteiger partial charge >= 0.3 is 0 Å². The van der Waals surface area contributed by atoms with Crippen molar-refractivity contribution in [2.75, 3.05) is 49.1 Å². The number of nitrogens with zero attached hydrogens (tertiary/aromatic N) is 5. The molecule has 4 heterocycles. The maximum atomic E-state index is 12.6. The molecule has 0 unspecified atom stereocenters. The highest BCUT2D eigenvalue weighted by Crippen LogP contribution is 2.35. The molecule has 1 aromatic carbocycles. The van der Waals surface area contributed by atoms with Crippen LogP contribution in [0.5, 0.6) is 5.75 Å². The van der Waals surface area contributed by atoms with Crippen molar-refractivity contribution in [3.8, 4) is 11.8 Å². The summed E-state index contributed by atoms with van der Waals surface area (Å²) in [6.45, 7) is 4.59. The van der Waals surface area contributed by atoms with E-state index in [-0.39, 0.29) is 18.1 Å². The number of rotatable bonds is 5. The lowest BCUT2D eigenvalue weighted by Gasteiger charge is -2.47. The molecule has 6 rings (SSSR count). The van der Waals surface area contributed by atoms with Crippen LogP contribution < -0.4 is 14.5 Å². The molecule has 0 N–H and O–H groups in total. The van der Waals surface area contributed by atoms with Gasteiger partial charge < -0.3 is 24.2 Å². The first kappa shape index (κ1) is 24.2. The van der Waals surface area contributed by atoms with Crippen LogP contribution in [0.3, 0.4) is 0 Å². The number of benzene rings is 1. The molecule has 1 amide bonds. The minimum absolute atomic E-state index is 0.0579. The summed E-state index contributed by atoms with van der Waals surface area (Å²) in [6.07, 6.45) is 11.5. The number of anilines is 2. The van der Waals surface area contributed by atoms with Crippen molar-refractivity contribution < 1.29 is 14.3 Å². The van der Waals surface area contributed by atoms with E-state index in [1.54, 1.807) is 17.2 Å². The average Bonchev–Trinajstić information content (AvgIpc) is 2.91.